The molecular weight excluding hydrogens is 428 g/mol. The maximum absolute atomic E-state index is 11.4. The van der Waals surface area contributed by atoms with Crippen LogP contribution in [0.2, 0.25) is 0 Å². The molecule has 0 atom stereocenters. The lowest BCUT2D eigenvalue weighted by molar-refractivity contribution is 0.0633. The van der Waals surface area contributed by atoms with E-state index in [1.54, 1.807) is 36.4 Å². The summed E-state index contributed by atoms with van der Waals surface area (Å²) in [6.07, 6.45) is 0. The molecule has 0 bridgehead atoms. The molecular formula is C25H22O8. The van der Waals surface area contributed by atoms with Gasteiger partial charge in [0.1, 0.15) is 0 Å². The second kappa shape index (κ2) is 10.2. The zero-order valence-corrected chi connectivity index (χ0v) is 18.1. The summed E-state index contributed by atoms with van der Waals surface area (Å²) in [7, 11) is 0. The number of hydrogen-bond acceptors (Lipinski definition) is 4. The molecule has 0 unspecified atom stereocenters. The van der Waals surface area contributed by atoms with E-state index < -0.39 is 40.6 Å². The van der Waals surface area contributed by atoms with Crippen molar-refractivity contribution in [3.8, 4) is 11.1 Å². The lowest BCUT2D eigenvalue weighted by Crippen LogP contribution is -2.16. The largest absolute Gasteiger partial charge is 0.478 e. The van der Waals surface area contributed by atoms with Crippen LogP contribution in [0.4, 0.5) is 0 Å². The van der Waals surface area contributed by atoms with Gasteiger partial charge in [0.05, 0.1) is 22.3 Å². The molecule has 0 aliphatic rings. The van der Waals surface area contributed by atoms with Crippen LogP contribution in [0, 0.1) is 20.8 Å². The number of carboxylic acid groups (broad SMARTS) is 4. The Morgan fingerprint density at radius 2 is 1.06 bits per heavy atom. The summed E-state index contributed by atoms with van der Waals surface area (Å²) in [5.74, 6) is -5.43. The van der Waals surface area contributed by atoms with E-state index in [0.717, 1.165) is 22.8 Å². The number of hydrogen-bond donors (Lipinski definition) is 4. The third-order valence-electron chi connectivity index (χ3n) is 5.24. The van der Waals surface area contributed by atoms with Gasteiger partial charge in [-0.1, -0.05) is 42.5 Å². The molecule has 0 aliphatic carbocycles. The van der Waals surface area contributed by atoms with E-state index in [0.29, 0.717) is 11.1 Å². The summed E-state index contributed by atoms with van der Waals surface area (Å²) in [4.78, 5) is 44.5. The highest BCUT2D eigenvalue weighted by Crippen LogP contribution is 2.29. The Morgan fingerprint density at radius 3 is 1.55 bits per heavy atom. The van der Waals surface area contributed by atoms with Crippen LogP contribution in [0.15, 0.2) is 54.6 Å². The van der Waals surface area contributed by atoms with Gasteiger partial charge in [-0.25, -0.2) is 19.2 Å². The molecule has 170 valence electrons. The number of carboxylic acids is 4. The summed E-state index contributed by atoms with van der Waals surface area (Å²) in [6.45, 7) is 5.76. The molecule has 8 heteroatoms. The van der Waals surface area contributed by atoms with E-state index in [1.165, 1.54) is 6.07 Å². The minimum absolute atomic E-state index is 0.158. The minimum Gasteiger partial charge on any atom is -0.478 e. The van der Waals surface area contributed by atoms with Crippen LogP contribution in [0.3, 0.4) is 0 Å². The van der Waals surface area contributed by atoms with Gasteiger partial charge in [0, 0.05) is 0 Å². The van der Waals surface area contributed by atoms with Crippen molar-refractivity contribution in [2.45, 2.75) is 20.8 Å². The molecule has 0 saturated carbocycles. The third-order valence-corrected chi connectivity index (χ3v) is 5.24. The lowest BCUT2D eigenvalue weighted by atomic mass is 9.92. The van der Waals surface area contributed by atoms with Gasteiger partial charge < -0.3 is 20.4 Å². The van der Waals surface area contributed by atoms with E-state index in [2.05, 4.69) is 0 Å². The molecule has 4 N–H and O–H groups in total. The monoisotopic (exact) mass is 450 g/mol. The van der Waals surface area contributed by atoms with Crippen LogP contribution in [0.5, 0.6) is 0 Å². The Labute approximate surface area is 189 Å². The molecule has 3 aromatic carbocycles. The predicted molar refractivity (Wildman–Crippen MR) is 120 cm³/mol. The fourth-order valence-electron chi connectivity index (χ4n) is 3.27. The van der Waals surface area contributed by atoms with Gasteiger partial charge in [0.15, 0.2) is 0 Å². The SMILES string of the molecule is Cc1ccc(C(=O)O)c(C)c1C.O=C(O)c1ccc(-c2ccccc2)c(C(=O)O)c1C(=O)O. The zero-order chi connectivity index (χ0) is 24.9. The third kappa shape index (κ3) is 5.43. The minimum atomic E-state index is -1.59. The van der Waals surface area contributed by atoms with Crippen molar-refractivity contribution in [3.05, 3.63) is 93.5 Å². The van der Waals surface area contributed by atoms with E-state index in [-0.39, 0.29) is 5.56 Å². The summed E-state index contributed by atoms with van der Waals surface area (Å²) in [5, 5.41) is 36.3. The quantitative estimate of drug-likeness (QED) is 0.435. The summed E-state index contributed by atoms with van der Waals surface area (Å²) in [5.41, 5.74) is 2.30. The Hall–Kier alpha value is -4.46. The number of benzene rings is 3. The maximum atomic E-state index is 11.4. The van der Waals surface area contributed by atoms with Crippen LogP contribution in [-0.4, -0.2) is 44.3 Å². The molecule has 0 spiro atoms. The van der Waals surface area contributed by atoms with Crippen molar-refractivity contribution in [1.29, 1.82) is 0 Å². The first-order valence-corrected chi connectivity index (χ1v) is 9.69. The average Bonchev–Trinajstić information content (AvgIpc) is 2.77. The molecule has 0 radical (unpaired) electrons. The van der Waals surface area contributed by atoms with E-state index in [4.69, 9.17) is 10.2 Å². The van der Waals surface area contributed by atoms with E-state index >= 15 is 0 Å². The first kappa shape index (κ1) is 24.8. The fraction of sp³-hybridized carbons (Fsp3) is 0.120. The van der Waals surface area contributed by atoms with Crippen LogP contribution in [0.25, 0.3) is 11.1 Å². The van der Waals surface area contributed by atoms with Crippen molar-refractivity contribution in [2.24, 2.45) is 0 Å². The Morgan fingerprint density at radius 1 is 0.545 bits per heavy atom. The normalized spacial score (nSPS) is 10.0. The molecule has 33 heavy (non-hydrogen) atoms. The Balaban J connectivity index is 0.000000273. The van der Waals surface area contributed by atoms with Crippen molar-refractivity contribution in [3.63, 3.8) is 0 Å². The zero-order valence-electron chi connectivity index (χ0n) is 18.1. The topological polar surface area (TPSA) is 149 Å². The van der Waals surface area contributed by atoms with Gasteiger partial charge in [-0.05, 0) is 60.7 Å². The van der Waals surface area contributed by atoms with Crippen molar-refractivity contribution in [1.82, 2.24) is 0 Å². The van der Waals surface area contributed by atoms with Gasteiger partial charge in [-0.2, -0.15) is 0 Å². The number of rotatable bonds is 5. The average molecular weight is 450 g/mol. The summed E-state index contributed by atoms with van der Waals surface area (Å²) in [6, 6.07) is 14.2. The number of aromatic carboxylic acids is 4. The molecule has 0 heterocycles. The van der Waals surface area contributed by atoms with E-state index in [1.807, 2.05) is 26.8 Å². The van der Waals surface area contributed by atoms with Gasteiger partial charge in [0.2, 0.25) is 0 Å². The molecule has 0 aromatic heterocycles. The smallest absolute Gasteiger partial charge is 0.337 e. The van der Waals surface area contributed by atoms with Gasteiger partial charge in [0.25, 0.3) is 0 Å². The first-order valence-electron chi connectivity index (χ1n) is 9.69. The van der Waals surface area contributed by atoms with Gasteiger partial charge in [-0.3, -0.25) is 0 Å². The van der Waals surface area contributed by atoms with Crippen LogP contribution in [0.1, 0.15) is 58.1 Å². The molecule has 0 saturated heterocycles. The second-order valence-electron chi connectivity index (χ2n) is 7.18. The van der Waals surface area contributed by atoms with Gasteiger partial charge in [-0.15, -0.1) is 0 Å². The summed E-state index contributed by atoms with van der Waals surface area (Å²) < 4.78 is 0. The summed E-state index contributed by atoms with van der Waals surface area (Å²) >= 11 is 0. The molecule has 8 nitrogen and oxygen atoms in total. The predicted octanol–water partition coefficient (Wildman–Crippen LogP) is 4.76. The first-order chi connectivity index (χ1) is 15.5. The standard InChI is InChI=1S/C15H10O6.C10H12O2/c16-13(17)10-7-6-9(8-4-2-1-3-5-8)11(14(18)19)12(10)15(20)21;1-6-4-5-9(10(11)12)8(3)7(6)2/h1-7H,(H,16,17)(H,18,19)(H,20,21);4-5H,1-3H3,(H,11,12). The molecule has 0 fully saturated rings. The highest BCUT2D eigenvalue weighted by atomic mass is 16.4. The second-order valence-corrected chi connectivity index (χ2v) is 7.18. The van der Waals surface area contributed by atoms with Crippen molar-refractivity contribution < 1.29 is 39.6 Å². The molecule has 0 aliphatic heterocycles. The van der Waals surface area contributed by atoms with Crippen LogP contribution < -0.4 is 0 Å². The van der Waals surface area contributed by atoms with Crippen LogP contribution in [-0.2, 0) is 0 Å². The maximum Gasteiger partial charge on any atom is 0.337 e. The van der Waals surface area contributed by atoms with Gasteiger partial charge >= 0.3 is 23.9 Å². The molecule has 3 rings (SSSR count). The van der Waals surface area contributed by atoms with Crippen LogP contribution >= 0.6 is 0 Å². The molecule has 3 aromatic rings. The molecule has 0 amide bonds. The van der Waals surface area contributed by atoms with E-state index in [9.17, 15) is 29.4 Å². The number of carbonyl (C=O) groups is 4. The fourth-order valence-corrected chi connectivity index (χ4v) is 3.27. The van der Waals surface area contributed by atoms with Crippen molar-refractivity contribution in [2.75, 3.05) is 0 Å². The highest BCUT2D eigenvalue weighted by Gasteiger charge is 2.27. The van der Waals surface area contributed by atoms with Crippen molar-refractivity contribution >= 4 is 23.9 Å². The Bertz CT molecular complexity index is 1240. The lowest BCUT2D eigenvalue weighted by Gasteiger charge is -2.11. The Kier molecular flexibility index (Phi) is 7.69. The highest BCUT2D eigenvalue weighted by molar-refractivity contribution is 6.12. The number of aryl methyl sites for hydroxylation is 1.